The van der Waals surface area contributed by atoms with Crippen LogP contribution in [-0.4, -0.2) is 19.3 Å². The molecule has 4 nitrogen and oxygen atoms in total. The SMILES string of the molecule is c1ccc(-c2nnc(-n3c4ccccc4c4c5sc6ccccc6c5sc43)n2-c2ccccc2)cc1. The van der Waals surface area contributed by atoms with Gasteiger partial charge in [-0.15, -0.1) is 32.9 Å². The summed E-state index contributed by atoms with van der Waals surface area (Å²) in [5.41, 5.74) is 3.21. The number of para-hydroxylation sites is 2. The molecule has 0 N–H and O–H groups in total. The molecular formula is C30H18N4S2. The number of hydrogen-bond donors (Lipinski definition) is 0. The van der Waals surface area contributed by atoms with E-state index in [1.165, 1.54) is 35.1 Å². The summed E-state index contributed by atoms with van der Waals surface area (Å²) < 4.78 is 8.49. The summed E-state index contributed by atoms with van der Waals surface area (Å²) in [5, 5.41) is 13.4. The van der Waals surface area contributed by atoms with Crippen molar-refractivity contribution in [1.29, 1.82) is 0 Å². The van der Waals surface area contributed by atoms with E-state index in [0.29, 0.717) is 0 Å². The Hall–Kier alpha value is -4.26. The molecule has 36 heavy (non-hydrogen) atoms. The lowest BCUT2D eigenvalue weighted by atomic mass is 10.2. The Morgan fingerprint density at radius 2 is 1.25 bits per heavy atom. The van der Waals surface area contributed by atoms with Crippen LogP contribution in [0.2, 0.25) is 0 Å². The molecule has 0 aliphatic heterocycles. The Morgan fingerprint density at radius 3 is 2.08 bits per heavy atom. The molecule has 6 heteroatoms. The molecule has 0 saturated heterocycles. The fourth-order valence-electron chi connectivity index (χ4n) is 5.13. The van der Waals surface area contributed by atoms with Crippen LogP contribution in [0.4, 0.5) is 0 Å². The first-order valence-electron chi connectivity index (χ1n) is 11.8. The van der Waals surface area contributed by atoms with Crippen LogP contribution in [0.3, 0.4) is 0 Å². The zero-order valence-corrected chi connectivity index (χ0v) is 20.6. The summed E-state index contributed by atoms with van der Waals surface area (Å²) in [6.45, 7) is 0. The van der Waals surface area contributed by atoms with E-state index in [4.69, 9.17) is 10.2 Å². The van der Waals surface area contributed by atoms with E-state index in [1.807, 2.05) is 46.9 Å². The highest BCUT2D eigenvalue weighted by Gasteiger charge is 2.25. The Kier molecular flexibility index (Phi) is 4.23. The van der Waals surface area contributed by atoms with Gasteiger partial charge >= 0.3 is 0 Å². The summed E-state index contributed by atoms with van der Waals surface area (Å²) >= 11 is 3.72. The van der Waals surface area contributed by atoms with Crippen LogP contribution in [-0.2, 0) is 0 Å². The molecule has 0 atom stereocenters. The summed E-state index contributed by atoms with van der Waals surface area (Å²) in [7, 11) is 0. The molecule has 4 heterocycles. The molecule has 8 aromatic rings. The summed E-state index contributed by atoms with van der Waals surface area (Å²) in [6.07, 6.45) is 0. The third-order valence-corrected chi connectivity index (χ3v) is 9.23. The van der Waals surface area contributed by atoms with Crippen molar-refractivity contribution in [3.63, 3.8) is 0 Å². The van der Waals surface area contributed by atoms with Gasteiger partial charge in [0.15, 0.2) is 5.82 Å². The highest BCUT2D eigenvalue weighted by atomic mass is 32.1. The maximum absolute atomic E-state index is 4.81. The molecule has 4 aromatic heterocycles. The second-order valence-corrected chi connectivity index (χ2v) is 10.8. The zero-order chi connectivity index (χ0) is 23.6. The average Bonchev–Trinajstić information content (AvgIpc) is 3.68. The summed E-state index contributed by atoms with van der Waals surface area (Å²) in [6, 6.07) is 38.0. The zero-order valence-electron chi connectivity index (χ0n) is 19.0. The van der Waals surface area contributed by atoms with Crippen molar-refractivity contribution in [3.8, 4) is 23.0 Å². The minimum Gasteiger partial charge on any atom is -0.268 e. The van der Waals surface area contributed by atoms with Gasteiger partial charge in [-0.3, -0.25) is 9.13 Å². The van der Waals surface area contributed by atoms with Crippen LogP contribution in [0.15, 0.2) is 109 Å². The molecule has 0 amide bonds. The first kappa shape index (κ1) is 20.0. The van der Waals surface area contributed by atoms with Crippen molar-refractivity contribution in [2.75, 3.05) is 0 Å². The fraction of sp³-hybridized carbons (Fsp3) is 0. The third-order valence-electron chi connectivity index (χ3n) is 6.70. The van der Waals surface area contributed by atoms with Crippen LogP contribution in [0.1, 0.15) is 0 Å². The molecular weight excluding hydrogens is 480 g/mol. The summed E-state index contributed by atoms with van der Waals surface area (Å²) in [5.74, 6) is 1.62. The van der Waals surface area contributed by atoms with Gasteiger partial charge in [-0.25, -0.2) is 0 Å². The summed E-state index contributed by atoms with van der Waals surface area (Å²) in [4.78, 5) is 1.20. The van der Waals surface area contributed by atoms with Crippen molar-refractivity contribution >= 4 is 63.3 Å². The molecule has 0 aliphatic carbocycles. The van der Waals surface area contributed by atoms with Crippen LogP contribution in [0.5, 0.6) is 0 Å². The molecule has 0 spiro atoms. The van der Waals surface area contributed by atoms with Gasteiger partial charge in [-0.05, 0) is 24.3 Å². The second-order valence-electron chi connectivity index (χ2n) is 8.75. The van der Waals surface area contributed by atoms with Gasteiger partial charge < -0.3 is 0 Å². The first-order chi connectivity index (χ1) is 17.9. The van der Waals surface area contributed by atoms with Crippen LogP contribution in [0, 0.1) is 0 Å². The first-order valence-corrected chi connectivity index (χ1v) is 13.4. The number of rotatable bonds is 3. The number of nitrogens with zero attached hydrogens (tertiary/aromatic N) is 4. The Labute approximate surface area is 214 Å². The van der Waals surface area contributed by atoms with E-state index in [0.717, 1.165) is 28.5 Å². The number of fused-ring (bicyclic) bond motifs is 7. The van der Waals surface area contributed by atoms with E-state index >= 15 is 0 Å². The van der Waals surface area contributed by atoms with E-state index in [-0.39, 0.29) is 0 Å². The quantitative estimate of drug-likeness (QED) is 0.245. The Balaban J connectivity index is 1.52. The van der Waals surface area contributed by atoms with Crippen LogP contribution < -0.4 is 0 Å². The predicted molar refractivity (Wildman–Crippen MR) is 152 cm³/mol. The van der Waals surface area contributed by atoms with Gasteiger partial charge in [0.1, 0.15) is 4.83 Å². The lowest BCUT2D eigenvalue weighted by Crippen LogP contribution is -2.06. The molecule has 0 fully saturated rings. The number of aromatic nitrogens is 4. The van der Waals surface area contributed by atoms with E-state index in [9.17, 15) is 0 Å². The van der Waals surface area contributed by atoms with Gasteiger partial charge in [-0.1, -0.05) is 84.9 Å². The van der Waals surface area contributed by atoms with Crippen molar-refractivity contribution < 1.29 is 0 Å². The lowest BCUT2D eigenvalue weighted by molar-refractivity contribution is 0.937. The molecule has 0 radical (unpaired) electrons. The minimum atomic E-state index is 0.796. The van der Waals surface area contributed by atoms with Crippen molar-refractivity contribution in [3.05, 3.63) is 109 Å². The number of hydrogen-bond acceptors (Lipinski definition) is 4. The molecule has 4 aromatic carbocycles. The molecule has 0 bridgehead atoms. The van der Waals surface area contributed by atoms with Crippen molar-refractivity contribution in [2.45, 2.75) is 0 Å². The molecule has 170 valence electrons. The van der Waals surface area contributed by atoms with Gasteiger partial charge in [0, 0.05) is 26.4 Å². The molecule has 0 aliphatic rings. The van der Waals surface area contributed by atoms with Crippen molar-refractivity contribution in [2.24, 2.45) is 0 Å². The standard InChI is InChI=1S/C30H18N4S2/c1-3-11-19(12-4-1)28-31-32-30(33(28)20-13-5-2-6-14-20)34-23-17-9-7-15-21(23)25-27-26(36-29(25)34)22-16-8-10-18-24(22)35-27/h1-18H. The van der Waals surface area contributed by atoms with E-state index in [2.05, 4.69) is 94.1 Å². The maximum Gasteiger partial charge on any atom is 0.242 e. The maximum atomic E-state index is 4.81. The monoisotopic (exact) mass is 498 g/mol. The van der Waals surface area contributed by atoms with Gasteiger partial charge in [0.05, 0.1) is 20.6 Å². The topological polar surface area (TPSA) is 35.6 Å². The number of benzene rings is 4. The Bertz CT molecular complexity index is 2040. The predicted octanol–water partition coefficient (Wildman–Crippen LogP) is 8.46. The Morgan fingerprint density at radius 1 is 0.556 bits per heavy atom. The second kappa shape index (κ2) is 7.62. The molecule has 0 saturated carbocycles. The van der Waals surface area contributed by atoms with Gasteiger partial charge in [-0.2, -0.15) is 0 Å². The lowest BCUT2D eigenvalue weighted by Gasteiger charge is -2.12. The minimum absolute atomic E-state index is 0.796. The van der Waals surface area contributed by atoms with Crippen LogP contribution in [0.25, 0.3) is 63.6 Å². The van der Waals surface area contributed by atoms with E-state index in [1.54, 1.807) is 0 Å². The highest BCUT2D eigenvalue weighted by molar-refractivity contribution is 7.36. The van der Waals surface area contributed by atoms with Crippen LogP contribution >= 0.6 is 22.7 Å². The third kappa shape index (κ3) is 2.74. The van der Waals surface area contributed by atoms with Gasteiger partial charge in [0.2, 0.25) is 5.95 Å². The fourth-order valence-corrected chi connectivity index (χ4v) is 7.92. The van der Waals surface area contributed by atoms with Gasteiger partial charge in [0.25, 0.3) is 0 Å². The largest absolute Gasteiger partial charge is 0.268 e. The number of thiophene rings is 2. The smallest absolute Gasteiger partial charge is 0.242 e. The molecule has 8 rings (SSSR count). The normalized spacial score (nSPS) is 11.9. The van der Waals surface area contributed by atoms with E-state index < -0.39 is 0 Å². The van der Waals surface area contributed by atoms with Crippen molar-refractivity contribution in [1.82, 2.24) is 19.3 Å². The highest BCUT2D eigenvalue weighted by Crippen LogP contribution is 2.48. The average molecular weight is 499 g/mol. The molecule has 0 unspecified atom stereocenters.